The summed E-state index contributed by atoms with van der Waals surface area (Å²) in [5.41, 5.74) is 6.57. The minimum absolute atomic E-state index is 0.106. The Bertz CT molecular complexity index is 830. The van der Waals surface area contributed by atoms with Gasteiger partial charge in [0.05, 0.1) is 18.3 Å². The Morgan fingerprint density at radius 1 is 1.00 bits per heavy atom. The summed E-state index contributed by atoms with van der Waals surface area (Å²) < 4.78 is 1.69. The van der Waals surface area contributed by atoms with E-state index in [1.54, 1.807) is 35.3 Å². The molecule has 0 saturated carbocycles. The van der Waals surface area contributed by atoms with E-state index < -0.39 is 5.91 Å². The van der Waals surface area contributed by atoms with E-state index in [1.807, 2.05) is 30.3 Å². The molecular formula is C17H15N5O2. The zero-order chi connectivity index (χ0) is 16.8. The van der Waals surface area contributed by atoms with Crippen LogP contribution in [-0.4, -0.2) is 26.6 Å². The molecule has 2 aromatic heterocycles. The van der Waals surface area contributed by atoms with Gasteiger partial charge < -0.3 is 0 Å². The van der Waals surface area contributed by atoms with Crippen molar-refractivity contribution in [2.24, 2.45) is 0 Å². The Morgan fingerprint density at radius 2 is 1.79 bits per heavy atom. The second-order valence-electron chi connectivity index (χ2n) is 5.02. The van der Waals surface area contributed by atoms with Gasteiger partial charge in [-0.3, -0.25) is 25.4 Å². The van der Waals surface area contributed by atoms with Crippen molar-refractivity contribution in [3.05, 3.63) is 78.4 Å². The Kier molecular flexibility index (Phi) is 4.62. The molecule has 0 radical (unpaired) electrons. The summed E-state index contributed by atoms with van der Waals surface area (Å²) in [6.07, 6.45) is 5.01. The van der Waals surface area contributed by atoms with Gasteiger partial charge in [-0.1, -0.05) is 24.3 Å². The van der Waals surface area contributed by atoms with Gasteiger partial charge in [0.25, 0.3) is 5.91 Å². The number of aromatic nitrogens is 3. The van der Waals surface area contributed by atoms with Crippen LogP contribution in [0, 0.1) is 0 Å². The molecule has 0 fully saturated rings. The van der Waals surface area contributed by atoms with Gasteiger partial charge in [-0.25, -0.2) is 4.68 Å². The van der Waals surface area contributed by atoms with Crippen LogP contribution in [0.25, 0.3) is 5.69 Å². The first-order valence-corrected chi connectivity index (χ1v) is 7.31. The summed E-state index contributed by atoms with van der Waals surface area (Å²) in [7, 11) is 0. The smallest absolute Gasteiger partial charge is 0.273 e. The normalized spacial score (nSPS) is 10.2. The van der Waals surface area contributed by atoms with Crippen molar-refractivity contribution in [1.82, 2.24) is 25.6 Å². The number of nitrogens with one attached hydrogen (secondary N) is 2. The molecule has 0 unspecified atom stereocenters. The lowest BCUT2D eigenvalue weighted by Gasteiger charge is -2.05. The Morgan fingerprint density at radius 3 is 2.54 bits per heavy atom. The van der Waals surface area contributed by atoms with Gasteiger partial charge in [-0.05, 0) is 29.8 Å². The van der Waals surface area contributed by atoms with E-state index in [4.69, 9.17) is 0 Å². The van der Waals surface area contributed by atoms with Gasteiger partial charge in [-0.15, -0.1) is 0 Å². The third-order valence-electron chi connectivity index (χ3n) is 3.23. The largest absolute Gasteiger partial charge is 0.288 e. The molecule has 0 aliphatic rings. The SMILES string of the molecule is O=C(Cc1cnn(-c2ccccc2)c1)NNC(=O)c1ccccn1. The number of hydrazine groups is 1. The highest BCUT2D eigenvalue weighted by Crippen LogP contribution is 2.07. The van der Waals surface area contributed by atoms with Crippen LogP contribution in [0.4, 0.5) is 0 Å². The lowest BCUT2D eigenvalue weighted by Crippen LogP contribution is -2.42. The summed E-state index contributed by atoms with van der Waals surface area (Å²) in [6.45, 7) is 0. The van der Waals surface area contributed by atoms with E-state index in [0.717, 1.165) is 11.3 Å². The van der Waals surface area contributed by atoms with E-state index >= 15 is 0 Å². The molecular weight excluding hydrogens is 306 g/mol. The molecule has 0 saturated heterocycles. The maximum absolute atomic E-state index is 11.9. The summed E-state index contributed by atoms with van der Waals surface area (Å²) in [6, 6.07) is 14.6. The number of hydrogen-bond acceptors (Lipinski definition) is 4. The number of rotatable bonds is 4. The lowest BCUT2D eigenvalue weighted by atomic mass is 10.2. The quantitative estimate of drug-likeness (QED) is 0.708. The van der Waals surface area contributed by atoms with Gasteiger partial charge in [0, 0.05) is 12.4 Å². The maximum Gasteiger partial charge on any atom is 0.288 e. The monoisotopic (exact) mass is 321 g/mol. The summed E-state index contributed by atoms with van der Waals surface area (Å²) in [5, 5.41) is 4.22. The van der Waals surface area contributed by atoms with Gasteiger partial charge in [0.2, 0.25) is 5.91 Å². The van der Waals surface area contributed by atoms with Crippen LogP contribution in [0.1, 0.15) is 16.1 Å². The number of nitrogens with zero attached hydrogens (tertiary/aromatic N) is 3. The standard InChI is InChI=1S/C17H15N5O2/c23-16(20-21-17(24)15-8-4-5-9-18-15)10-13-11-19-22(12-13)14-6-2-1-3-7-14/h1-9,11-12H,10H2,(H,20,23)(H,21,24). The Labute approximate surface area is 138 Å². The van der Waals surface area contributed by atoms with Gasteiger partial charge in [0.1, 0.15) is 5.69 Å². The predicted octanol–water partition coefficient (Wildman–Crippen LogP) is 1.27. The highest BCUT2D eigenvalue weighted by atomic mass is 16.2. The van der Waals surface area contributed by atoms with Crippen molar-refractivity contribution in [2.45, 2.75) is 6.42 Å². The minimum atomic E-state index is -0.469. The van der Waals surface area contributed by atoms with Crippen molar-refractivity contribution in [3.8, 4) is 5.69 Å². The number of para-hydroxylation sites is 1. The fraction of sp³-hybridized carbons (Fsp3) is 0.0588. The van der Waals surface area contributed by atoms with Crippen molar-refractivity contribution in [3.63, 3.8) is 0 Å². The van der Waals surface area contributed by atoms with Crippen LogP contribution in [0.5, 0.6) is 0 Å². The number of amides is 2. The summed E-state index contributed by atoms with van der Waals surface area (Å²) in [4.78, 5) is 27.6. The van der Waals surface area contributed by atoms with E-state index in [0.29, 0.717) is 0 Å². The highest BCUT2D eigenvalue weighted by Gasteiger charge is 2.10. The second-order valence-corrected chi connectivity index (χ2v) is 5.02. The van der Waals surface area contributed by atoms with Crippen molar-refractivity contribution < 1.29 is 9.59 Å². The molecule has 120 valence electrons. The van der Waals surface area contributed by atoms with Crippen LogP contribution in [0.15, 0.2) is 67.1 Å². The Hall–Kier alpha value is -3.48. The summed E-state index contributed by atoms with van der Waals surface area (Å²) in [5.74, 6) is -0.809. The fourth-order valence-electron chi connectivity index (χ4n) is 2.09. The fourth-order valence-corrected chi connectivity index (χ4v) is 2.09. The molecule has 0 aliphatic carbocycles. The Balaban J connectivity index is 1.54. The van der Waals surface area contributed by atoms with Crippen LogP contribution in [0.3, 0.4) is 0 Å². The maximum atomic E-state index is 11.9. The molecule has 1 aromatic carbocycles. The molecule has 0 atom stereocenters. The molecule has 24 heavy (non-hydrogen) atoms. The number of benzene rings is 1. The third-order valence-corrected chi connectivity index (χ3v) is 3.23. The van der Waals surface area contributed by atoms with E-state index in [9.17, 15) is 9.59 Å². The highest BCUT2D eigenvalue weighted by molar-refractivity contribution is 5.93. The first-order valence-electron chi connectivity index (χ1n) is 7.31. The van der Waals surface area contributed by atoms with Gasteiger partial charge in [0.15, 0.2) is 0 Å². The van der Waals surface area contributed by atoms with Crippen LogP contribution >= 0.6 is 0 Å². The molecule has 7 heteroatoms. The zero-order valence-electron chi connectivity index (χ0n) is 12.7. The summed E-state index contributed by atoms with van der Waals surface area (Å²) >= 11 is 0. The number of hydrogen-bond donors (Lipinski definition) is 2. The third kappa shape index (κ3) is 3.83. The second kappa shape index (κ2) is 7.19. The van der Waals surface area contributed by atoms with E-state index in [2.05, 4.69) is 20.9 Å². The molecule has 2 heterocycles. The molecule has 2 amide bonds. The van der Waals surface area contributed by atoms with E-state index in [-0.39, 0.29) is 18.0 Å². The number of pyridine rings is 1. The topological polar surface area (TPSA) is 88.9 Å². The average molecular weight is 321 g/mol. The number of carbonyl (C=O) groups is 2. The molecule has 7 nitrogen and oxygen atoms in total. The first-order chi connectivity index (χ1) is 11.7. The molecule has 0 bridgehead atoms. The van der Waals surface area contributed by atoms with Crippen molar-refractivity contribution in [1.29, 1.82) is 0 Å². The zero-order valence-corrected chi connectivity index (χ0v) is 12.7. The predicted molar refractivity (Wildman–Crippen MR) is 87.1 cm³/mol. The van der Waals surface area contributed by atoms with Crippen LogP contribution in [-0.2, 0) is 11.2 Å². The van der Waals surface area contributed by atoms with Crippen LogP contribution < -0.4 is 10.9 Å². The molecule has 3 rings (SSSR count). The van der Waals surface area contributed by atoms with Gasteiger partial charge >= 0.3 is 0 Å². The van der Waals surface area contributed by atoms with Crippen molar-refractivity contribution in [2.75, 3.05) is 0 Å². The minimum Gasteiger partial charge on any atom is -0.273 e. The van der Waals surface area contributed by atoms with Crippen LogP contribution in [0.2, 0.25) is 0 Å². The van der Waals surface area contributed by atoms with Crippen molar-refractivity contribution >= 4 is 11.8 Å². The molecule has 2 N–H and O–H groups in total. The lowest BCUT2D eigenvalue weighted by molar-refractivity contribution is -0.121. The van der Waals surface area contributed by atoms with E-state index in [1.165, 1.54) is 6.20 Å². The van der Waals surface area contributed by atoms with Gasteiger partial charge in [-0.2, -0.15) is 5.10 Å². The number of carbonyl (C=O) groups excluding carboxylic acids is 2. The molecule has 3 aromatic rings. The molecule has 0 spiro atoms. The molecule has 0 aliphatic heterocycles. The first kappa shape index (κ1) is 15.4. The average Bonchev–Trinajstić information content (AvgIpc) is 3.09.